The van der Waals surface area contributed by atoms with Gasteiger partial charge in [0.05, 0.1) is 5.92 Å². The molecule has 3 nitrogen and oxygen atoms in total. The number of carbonyl (C=O) groups is 1. The van der Waals surface area contributed by atoms with Gasteiger partial charge in [-0.3, -0.25) is 4.79 Å². The van der Waals surface area contributed by atoms with Gasteiger partial charge in [-0.15, -0.1) is 0 Å². The highest BCUT2D eigenvalue weighted by Crippen LogP contribution is 2.33. The maximum atomic E-state index is 12.0. The summed E-state index contributed by atoms with van der Waals surface area (Å²) in [6.07, 6.45) is 0.610. The standard InChI is InChI=1S/C15H12O3/c16-12-6-3-5-10(8-12)13-9-11-4-1-2-7-14(11)18-15(13)17/h1-8,13,16H,9H2. The molecule has 3 heteroatoms. The maximum Gasteiger partial charge on any atom is 0.319 e. The van der Waals surface area contributed by atoms with Crippen LogP contribution in [-0.4, -0.2) is 11.1 Å². The second kappa shape index (κ2) is 4.18. The van der Waals surface area contributed by atoms with Gasteiger partial charge in [-0.05, 0) is 35.7 Å². The first-order valence-corrected chi connectivity index (χ1v) is 5.82. The van der Waals surface area contributed by atoms with Crippen molar-refractivity contribution >= 4 is 5.97 Å². The largest absolute Gasteiger partial charge is 0.508 e. The van der Waals surface area contributed by atoms with Crippen molar-refractivity contribution in [1.29, 1.82) is 0 Å². The number of hydrogen-bond donors (Lipinski definition) is 1. The third-order valence-electron chi connectivity index (χ3n) is 3.16. The molecule has 1 aliphatic heterocycles. The zero-order chi connectivity index (χ0) is 12.5. The number of phenols is 1. The van der Waals surface area contributed by atoms with E-state index in [2.05, 4.69) is 0 Å². The van der Waals surface area contributed by atoms with Crippen LogP contribution in [-0.2, 0) is 11.2 Å². The van der Waals surface area contributed by atoms with Crippen LogP contribution in [0.1, 0.15) is 17.0 Å². The van der Waals surface area contributed by atoms with E-state index in [1.165, 1.54) is 0 Å². The highest BCUT2D eigenvalue weighted by atomic mass is 16.5. The molecule has 3 rings (SSSR count). The van der Waals surface area contributed by atoms with E-state index in [4.69, 9.17) is 4.74 Å². The number of benzene rings is 2. The molecule has 1 heterocycles. The summed E-state index contributed by atoms with van der Waals surface area (Å²) in [5.41, 5.74) is 1.81. The number of phenolic OH excluding ortho intramolecular Hbond substituents is 1. The first kappa shape index (κ1) is 10.8. The first-order valence-electron chi connectivity index (χ1n) is 5.82. The minimum Gasteiger partial charge on any atom is -0.508 e. The molecule has 90 valence electrons. The molecular formula is C15H12O3. The van der Waals surface area contributed by atoms with Crippen LogP contribution >= 0.6 is 0 Å². The predicted octanol–water partition coefficient (Wildman–Crippen LogP) is 2.64. The Bertz CT molecular complexity index is 604. The van der Waals surface area contributed by atoms with Gasteiger partial charge >= 0.3 is 5.97 Å². The van der Waals surface area contributed by atoms with E-state index in [1.807, 2.05) is 24.3 Å². The third-order valence-corrected chi connectivity index (χ3v) is 3.16. The Morgan fingerprint density at radius 1 is 1.11 bits per heavy atom. The van der Waals surface area contributed by atoms with Crippen LogP contribution in [0.4, 0.5) is 0 Å². The minimum absolute atomic E-state index is 0.166. The van der Waals surface area contributed by atoms with Gasteiger partial charge in [0.1, 0.15) is 11.5 Å². The molecule has 1 N–H and O–H groups in total. The quantitative estimate of drug-likeness (QED) is 0.615. The lowest BCUT2D eigenvalue weighted by atomic mass is 9.90. The van der Waals surface area contributed by atoms with Crippen LogP contribution in [0, 0.1) is 0 Å². The Morgan fingerprint density at radius 3 is 2.78 bits per heavy atom. The van der Waals surface area contributed by atoms with Gasteiger partial charge < -0.3 is 9.84 Å². The molecule has 2 aromatic carbocycles. The SMILES string of the molecule is O=C1Oc2ccccc2CC1c1cccc(O)c1. The molecule has 0 spiro atoms. The average Bonchev–Trinajstić information content (AvgIpc) is 2.38. The van der Waals surface area contributed by atoms with E-state index in [9.17, 15) is 9.90 Å². The van der Waals surface area contributed by atoms with Crippen LogP contribution in [0.2, 0.25) is 0 Å². The zero-order valence-electron chi connectivity index (χ0n) is 9.67. The number of hydrogen-bond acceptors (Lipinski definition) is 3. The van der Waals surface area contributed by atoms with Crippen LogP contribution in [0.25, 0.3) is 0 Å². The van der Waals surface area contributed by atoms with Crippen molar-refractivity contribution in [3.05, 3.63) is 59.7 Å². The second-order valence-corrected chi connectivity index (χ2v) is 4.38. The Labute approximate surface area is 105 Å². The molecule has 0 saturated carbocycles. The lowest BCUT2D eigenvalue weighted by Gasteiger charge is -2.23. The summed E-state index contributed by atoms with van der Waals surface area (Å²) in [6, 6.07) is 14.3. The van der Waals surface area contributed by atoms with Crippen LogP contribution in [0.3, 0.4) is 0 Å². The smallest absolute Gasteiger partial charge is 0.319 e. The molecule has 0 aliphatic carbocycles. The molecule has 1 unspecified atom stereocenters. The van der Waals surface area contributed by atoms with Gasteiger partial charge in [0.2, 0.25) is 0 Å². The molecule has 0 bridgehead atoms. The number of carbonyl (C=O) groups excluding carboxylic acids is 1. The Balaban J connectivity index is 1.98. The van der Waals surface area contributed by atoms with Gasteiger partial charge in [0.25, 0.3) is 0 Å². The molecule has 0 saturated heterocycles. The van der Waals surface area contributed by atoms with E-state index in [0.29, 0.717) is 12.2 Å². The van der Waals surface area contributed by atoms with Gasteiger partial charge in [-0.1, -0.05) is 30.3 Å². The maximum absolute atomic E-state index is 12.0. The van der Waals surface area contributed by atoms with Crippen LogP contribution < -0.4 is 4.74 Å². The van der Waals surface area contributed by atoms with E-state index in [0.717, 1.165) is 11.1 Å². The number of aromatic hydroxyl groups is 1. The first-order chi connectivity index (χ1) is 8.74. The molecule has 0 amide bonds. The average molecular weight is 240 g/mol. The topological polar surface area (TPSA) is 46.5 Å². The number of para-hydroxylation sites is 1. The Morgan fingerprint density at radius 2 is 1.94 bits per heavy atom. The van der Waals surface area contributed by atoms with E-state index in [1.54, 1.807) is 24.3 Å². The number of ether oxygens (including phenoxy) is 1. The molecule has 2 aromatic rings. The van der Waals surface area contributed by atoms with Gasteiger partial charge in [0.15, 0.2) is 0 Å². The molecular weight excluding hydrogens is 228 g/mol. The molecule has 18 heavy (non-hydrogen) atoms. The summed E-state index contributed by atoms with van der Waals surface area (Å²) in [4.78, 5) is 12.0. The number of fused-ring (bicyclic) bond motifs is 1. The highest BCUT2D eigenvalue weighted by molar-refractivity contribution is 5.83. The summed E-state index contributed by atoms with van der Waals surface area (Å²) in [5, 5.41) is 9.47. The van der Waals surface area contributed by atoms with Crippen LogP contribution in [0.5, 0.6) is 11.5 Å². The molecule has 0 radical (unpaired) electrons. The summed E-state index contributed by atoms with van der Waals surface area (Å²) < 4.78 is 5.32. The molecule has 1 atom stereocenters. The van der Waals surface area contributed by atoms with Gasteiger partial charge in [0, 0.05) is 0 Å². The van der Waals surface area contributed by atoms with Gasteiger partial charge in [-0.2, -0.15) is 0 Å². The predicted molar refractivity (Wildman–Crippen MR) is 66.6 cm³/mol. The van der Waals surface area contributed by atoms with Crippen molar-refractivity contribution in [2.24, 2.45) is 0 Å². The fourth-order valence-corrected chi connectivity index (χ4v) is 2.25. The Kier molecular flexibility index (Phi) is 2.52. The van der Waals surface area contributed by atoms with Crippen molar-refractivity contribution < 1.29 is 14.6 Å². The van der Waals surface area contributed by atoms with Crippen molar-refractivity contribution in [2.75, 3.05) is 0 Å². The van der Waals surface area contributed by atoms with Crippen LogP contribution in [0.15, 0.2) is 48.5 Å². The normalized spacial score (nSPS) is 18.0. The molecule has 1 aliphatic rings. The molecule has 0 fully saturated rings. The van der Waals surface area contributed by atoms with E-state index in [-0.39, 0.29) is 17.6 Å². The summed E-state index contributed by atoms with van der Waals surface area (Å²) >= 11 is 0. The lowest BCUT2D eigenvalue weighted by molar-refractivity contribution is -0.137. The lowest BCUT2D eigenvalue weighted by Crippen LogP contribution is -2.25. The number of esters is 1. The Hall–Kier alpha value is -2.29. The summed E-state index contributed by atoms with van der Waals surface area (Å²) in [5.74, 6) is 0.198. The second-order valence-electron chi connectivity index (χ2n) is 4.38. The highest BCUT2D eigenvalue weighted by Gasteiger charge is 2.29. The summed E-state index contributed by atoms with van der Waals surface area (Å²) in [7, 11) is 0. The van der Waals surface area contributed by atoms with Crippen molar-refractivity contribution in [2.45, 2.75) is 12.3 Å². The fourth-order valence-electron chi connectivity index (χ4n) is 2.25. The van der Waals surface area contributed by atoms with Crippen molar-refractivity contribution in [3.63, 3.8) is 0 Å². The zero-order valence-corrected chi connectivity index (χ0v) is 9.67. The van der Waals surface area contributed by atoms with Crippen molar-refractivity contribution in [1.82, 2.24) is 0 Å². The summed E-state index contributed by atoms with van der Waals surface area (Å²) in [6.45, 7) is 0. The molecule has 0 aromatic heterocycles. The fraction of sp³-hybridized carbons (Fsp3) is 0.133. The van der Waals surface area contributed by atoms with Crippen molar-refractivity contribution in [3.8, 4) is 11.5 Å². The third kappa shape index (κ3) is 1.84. The van der Waals surface area contributed by atoms with E-state index >= 15 is 0 Å². The minimum atomic E-state index is -0.341. The monoisotopic (exact) mass is 240 g/mol. The van der Waals surface area contributed by atoms with E-state index < -0.39 is 0 Å². The number of rotatable bonds is 1. The van der Waals surface area contributed by atoms with Gasteiger partial charge in [-0.25, -0.2) is 0 Å².